The lowest BCUT2D eigenvalue weighted by Crippen LogP contribution is -2.40. The molecule has 94 valence electrons. The topological polar surface area (TPSA) is 58.0 Å². The van der Waals surface area contributed by atoms with E-state index in [4.69, 9.17) is 0 Å². The molecule has 1 aromatic rings. The van der Waals surface area contributed by atoms with Gasteiger partial charge in [-0.3, -0.25) is 0 Å². The smallest absolute Gasteiger partial charge is 0.129 e. The van der Waals surface area contributed by atoms with Crippen molar-refractivity contribution in [3.63, 3.8) is 0 Å². The first-order valence-corrected chi connectivity index (χ1v) is 6.32. The molecule has 0 bridgehead atoms. The standard InChI is InChI=1S/C13H21N3O/c1-10-3-5-13(17,6-4-10)8-14-12-7-11(2)15-9-16-12/h7,9-10,17H,3-6,8H2,1-2H3,(H,14,15,16). The summed E-state index contributed by atoms with van der Waals surface area (Å²) in [5.41, 5.74) is 0.373. The Bertz CT molecular complexity index is 373. The first-order valence-electron chi connectivity index (χ1n) is 6.32. The molecule has 0 unspecified atom stereocenters. The maximum Gasteiger partial charge on any atom is 0.129 e. The fourth-order valence-corrected chi connectivity index (χ4v) is 2.28. The van der Waals surface area contributed by atoms with E-state index in [0.29, 0.717) is 6.54 Å². The highest BCUT2D eigenvalue weighted by Crippen LogP contribution is 2.31. The number of hydrogen-bond acceptors (Lipinski definition) is 4. The Labute approximate surface area is 102 Å². The third kappa shape index (κ3) is 3.40. The quantitative estimate of drug-likeness (QED) is 0.842. The van der Waals surface area contributed by atoms with Crippen LogP contribution in [0.3, 0.4) is 0 Å². The summed E-state index contributed by atoms with van der Waals surface area (Å²) < 4.78 is 0. The van der Waals surface area contributed by atoms with Crippen molar-refractivity contribution in [2.45, 2.75) is 45.1 Å². The highest BCUT2D eigenvalue weighted by molar-refractivity contribution is 5.34. The number of rotatable bonds is 3. The Hall–Kier alpha value is -1.16. The zero-order valence-electron chi connectivity index (χ0n) is 10.6. The van der Waals surface area contributed by atoms with Gasteiger partial charge in [-0.1, -0.05) is 6.92 Å². The summed E-state index contributed by atoms with van der Waals surface area (Å²) in [5, 5.41) is 13.6. The second-order valence-corrected chi connectivity index (χ2v) is 5.31. The summed E-state index contributed by atoms with van der Waals surface area (Å²) in [6.45, 7) is 4.76. The summed E-state index contributed by atoms with van der Waals surface area (Å²) >= 11 is 0. The molecule has 0 amide bonds. The van der Waals surface area contributed by atoms with Gasteiger partial charge in [-0.25, -0.2) is 9.97 Å². The minimum absolute atomic E-state index is 0.564. The lowest BCUT2D eigenvalue weighted by atomic mass is 9.79. The molecule has 0 spiro atoms. The average molecular weight is 235 g/mol. The maximum absolute atomic E-state index is 10.4. The van der Waals surface area contributed by atoms with E-state index in [1.165, 1.54) is 0 Å². The summed E-state index contributed by atoms with van der Waals surface area (Å²) in [7, 11) is 0. The molecule has 2 N–H and O–H groups in total. The molecule has 0 aromatic carbocycles. The third-order valence-corrected chi connectivity index (χ3v) is 3.61. The minimum atomic E-state index is -0.564. The van der Waals surface area contributed by atoms with E-state index in [-0.39, 0.29) is 0 Å². The first kappa shape index (κ1) is 12.3. The van der Waals surface area contributed by atoms with Crippen molar-refractivity contribution in [1.82, 2.24) is 9.97 Å². The van der Waals surface area contributed by atoms with Crippen LogP contribution in [0.4, 0.5) is 5.82 Å². The van der Waals surface area contributed by atoms with Gasteiger partial charge in [-0.05, 0) is 38.5 Å². The largest absolute Gasteiger partial charge is 0.388 e. The fourth-order valence-electron chi connectivity index (χ4n) is 2.28. The summed E-state index contributed by atoms with van der Waals surface area (Å²) in [4.78, 5) is 8.18. The van der Waals surface area contributed by atoms with Crippen LogP contribution in [0.25, 0.3) is 0 Å². The van der Waals surface area contributed by atoms with Crippen LogP contribution in [0.1, 0.15) is 38.3 Å². The fraction of sp³-hybridized carbons (Fsp3) is 0.692. The Morgan fingerprint density at radius 1 is 1.41 bits per heavy atom. The Morgan fingerprint density at radius 2 is 2.12 bits per heavy atom. The van der Waals surface area contributed by atoms with Crippen LogP contribution in [0, 0.1) is 12.8 Å². The number of aromatic nitrogens is 2. The molecule has 0 saturated heterocycles. The van der Waals surface area contributed by atoms with Gasteiger partial charge in [0.1, 0.15) is 12.1 Å². The van der Waals surface area contributed by atoms with Gasteiger partial charge < -0.3 is 10.4 Å². The van der Waals surface area contributed by atoms with Crippen molar-refractivity contribution in [3.8, 4) is 0 Å². The molecule has 2 rings (SSSR count). The van der Waals surface area contributed by atoms with E-state index in [1.54, 1.807) is 6.33 Å². The minimum Gasteiger partial charge on any atom is -0.388 e. The lowest BCUT2D eigenvalue weighted by molar-refractivity contribution is 0.00494. The molecule has 0 radical (unpaired) electrons. The van der Waals surface area contributed by atoms with E-state index >= 15 is 0 Å². The SMILES string of the molecule is Cc1cc(NCC2(O)CCC(C)CC2)ncn1. The normalized spacial score (nSPS) is 29.0. The number of aryl methyl sites for hydroxylation is 1. The second-order valence-electron chi connectivity index (χ2n) is 5.31. The van der Waals surface area contributed by atoms with Crippen LogP contribution in [0.5, 0.6) is 0 Å². The van der Waals surface area contributed by atoms with Gasteiger partial charge in [0.2, 0.25) is 0 Å². The first-order chi connectivity index (χ1) is 8.07. The van der Waals surface area contributed by atoms with Crippen molar-refractivity contribution in [3.05, 3.63) is 18.1 Å². The van der Waals surface area contributed by atoms with Crippen LogP contribution < -0.4 is 5.32 Å². The number of hydrogen-bond donors (Lipinski definition) is 2. The van der Waals surface area contributed by atoms with E-state index in [1.807, 2.05) is 13.0 Å². The van der Waals surface area contributed by atoms with E-state index in [2.05, 4.69) is 22.2 Å². The average Bonchev–Trinajstić information content (AvgIpc) is 2.31. The number of nitrogens with one attached hydrogen (secondary N) is 1. The van der Waals surface area contributed by atoms with Crippen LogP contribution in [-0.2, 0) is 0 Å². The zero-order valence-corrected chi connectivity index (χ0v) is 10.6. The van der Waals surface area contributed by atoms with E-state index in [0.717, 1.165) is 43.1 Å². The van der Waals surface area contributed by atoms with Crippen molar-refractivity contribution < 1.29 is 5.11 Å². The second kappa shape index (κ2) is 5.00. The summed E-state index contributed by atoms with van der Waals surface area (Å²) in [6, 6.07) is 1.90. The monoisotopic (exact) mass is 235 g/mol. The van der Waals surface area contributed by atoms with E-state index in [9.17, 15) is 5.11 Å². The molecule has 1 heterocycles. The van der Waals surface area contributed by atoms with Crippen LogP contribution in [0.2, 0.25) is 0 Å². The van der Waals surface area contributed by atoms with Gasteiger partial charge >= 0.3 is 0 Å². The predicted molar refractivity (Wildman–Crippen MR) is 67.8 cm³/mol. The summed E-state index contributed by atoms with van der Waals surface area (Å²) in [5.74, 6) is 1.54. The van der Waals surface area contributed by atoms with Gasteiger partial charge in [-0.2, -0.15) is 0 Å². The number of anilines is 1. The Kier molecular flexibility index (Phi) is 3.62. The van der Waals surface area contributed by atoms with Gasteiger partial charge in [0.25, 0.3) is 0 Å². The van der Waals surface area contributed by atoms with Gasteiger partial charge in [0, 0.05) is 18.3 Å². The molecule has 4 heteroatoms. The predicted octanol–water partition coefficient (Wildman–Crippen LogP) is 2.14. The molecular formula is C13H21N3O. The van der Waals surface area contributed by atoms with Crippen molar-refractivity contribution in [2.24, 2.45) is 5.92 Å². The highest BCUT2D eigenvalue weighted by Gasteiger charge is 2.31. The van der Waals surface area contributed by atoms with Gasteiger partial charge in [-0.15, -0.1) is 0 Å². The van der Waals surface area contributed by atoms with Crippen LogP contribution >= 0.6 is 0 Å². The van der Waals surface area contributed by atoms with Crippen molar-refractivity contribution in [1.29, 1.82) is 0 Å². The molecule has 1 saturated carbocycles. The zero-order chi connectivity index (χ0) is 12.3. The van der Waals surface area contributed by atoms with Crippen LogP contribution in [-0.4, -0.2) is 27.2 Å². The molecular weight excluding hydrogens is 214 g/mol. The maximum atomic E-state index is 10.4. The molecule has 4 nitrogen and oxygen atoms in total. The molecule has 0 aliphatic heterocycles. The molecule has 1 fully saturated rings. The van der Waals surface area contributed by atoms with Gasteiger partial charge in [0.05, 0.1) is 5.60 Å². The molecule has 0 atom stereocenters. The van der Waals surface area contributed by atoms with Crippen molar-refractivity contribution in [2.75, 3.05) is 11.9 Å². The Morgan fingerprint density at radius 3 is 2.76 bits per heavy atom. The number of aliphatic hydroxyl groups is 1. The van der Waals surface area contributed by atoms with Crippen LogP contribution in [0.15, 0.2) is 12.4 Å². The number of nitrogens with zero attached hydrogens (tertiary/aromatic N) is 2. The molecule has 1 aromatic heterocycles. The lowest BCUT2D eigenvalue weighted by Gasteiger charge is -2.35. The molecule has 17 heavy (non-hydrogen) atoms. The third-order valence-electron chi connectivity index (χ3n) is 3.61. The Balaban J connectivity index is 1.89. The van der Waals surface area contributed by atoms with Crippen molar-refractivity contribution >= 4 is 5.82 Å². The van der Waals surface area contributed by atoms with E-state index < -0.39 is 5.60 Å². The molecule has 1 aliphatic carbocycles. The molecule has 1 aliphatic rings. The summed E-state index contributed by atoms with van der Waals surface area (Å²) in [6.07, 6.45) is 5.53. The highest BCUT2D eigenvalue weighted by atomic mass is 16.3. The van der Waals surface area contributed by atoms with Gasteiger partial charge in [0.15, 0.2) is 0 Å².